The molecule has 0 bridgehead atoms. The highest BCUT2D eigenvalue weighted by molar-refractivity contribution is 4.90. The molecule has 0 aromatic carbocycles. The van der Waals surface area contributed by atoms with Crippen molar-refractivity contribution in [1.82, 2.24) is 25.5 Å². The van der Waals surface area contributed by atoms with Crippen molar-refractivity contribution in [2.75, 3.05) is 7.05 Å². The van der Waals surface area contributed by atoms with Gasteiger partial charge < -0.3 is 5.32 Å². The Kier molecular flexibility index (Phi) is 6.11. The molecule has 0 spiro atoms. The average molecular weight is 239 g/mol. The number of tetrazole rings is 1. The molecule has 0 saturated carbocycles. The Hall–Kier alpha value is -0.970. The summed E-state index contributed by atoms with van der Waals surface area (Å²) in [5.74, 6) is 0.926. The minimum atomic E-state index is 0.197. The summed E-state index contributed by atoms with van der Waals surface area (Å²) in [5, 5.41) is 15.1. The van der Waals surface area contributed by atoms with E-state index in [1.165, 1.54) is 25.7 Å². The van der Waals surface area contributed by atoms with Crippen LogP contribution in [0.2, 0.25) is 0 Å². The van der Waals surface area contributed by atoms with Gasteiger partial charge in [-0.25, -0.2) is 4.68 Å². The van der Waals surface area contributed by atoms with Crippen molar-refractivity contribution in [2.45, 2.75) is 65.0 Å². The lowest BCUT2D eigenvalue weighted by molar-refractivity contribution is 0.399. The number of unbranched alkanes of at least 4 members (excludes halogenated alkanes) is 3. The number of nitrogens with one attached hydrogen (secondary N) is 1. The van der Waals surface area contributed by atoms with E-state index in [2.05, 4.69) is 41.6 Å². The van der Waals surface area contributed by atoms with Gasteiger partial charge in [-0.1, -0.05) is 32.6 Å². The maximum atomic E-state index is 4.10. The first kappa shape index (κ1) is 14.1. The van der Waals surface area contributed by atoms with Crippen LogP contribution in [-0.4, -0.2) is 27.3 Å². The van der Waals surface area contributed by atoms with Gasteiger partial charge in [-0.2, -0.15) is 0 Å². The third-order valence-electron chi connectivity index (χ3n) is 3.23. The molecule has 0 aliphatic heterocycles. The van der Waals surface area contributed by atoms with Gasteiger partial charge in [0.05, 0.1) is 12.1 Å². The van der Waals surface area contributed by atoms with Crippen molar-refractivity contribution >= 4 is 0 Å². The van der Waals surface area contributed by atoms with E-state index in [-0.39, 0.29) is 6.04 Å². The summed E-state index contributed by atoms with van der Waals surface area (Å²) in [6, 6.07) is 0.579. The van der Waals surface area contributed by atoms with Crippen LogP contribution < -0.4 is 5.32 Å². The second kappa shape index (κ2) is 7.37. The minimum Gasteiger partial charge on any atom is -0.311 e. The van der Waals surface area contributed by atoms with Crippen molar-refractivity contribution in [3.05, 3.63) is 5.82 Å². The van der Waals surface area contributed by atoms with Gasteiger partial charge in [-0.3, -0.25) is 0 Å². The molecule has 5 heteroatoms. The highest BCUT2D eigenvalue weighted by Crippen LogP contribution is 2.18. The van der Waals surface area contributed by atoms with Crippen LogP contribution >= 0.6 is 0 Å². The summed E-state index contributed by atoms with van der Waals surface area (Å²) in [4.78, 5) is 0. The zero-order valence-corrected chi connectivity index (χ0v) is 11.5. The molecular weight excluding hydrogens is 214 g/mol. The lowest BCUT2D eigenvalue weighted by Crippen LogP contribution is -2.20. The normalized spacial score (nSPS) is 14.8. The summed E-state index contributed by atoms with van der Waals surface area (Å²) >= 11 is 0. The third kappa shape index (κ3) is 4.07. The van der Waals surface area contributed by atoms with Crippen LogP contribution in [0.4, 0.5) is 0 Å². The van der Waals surface area contributed by atoms with Gasteiger partial charge in [0.25, 0.3) is 0 Å². The van der Waals surface area contributed by atoms with Crippen LogP contribution in [0.1, 0.15) is 70.8 Å². The summed E-state index contributed by atoms with van der Waals surface area (Å²) in [6.07, 6.45) is 6.31. The van der Waals surface area contributed by atoms with Crippen LogP contribution in [0.15, 0.2) is 0 Å². The van der Waals surface area contributed by atoms with Gasteiger partial charge in [0.1, 0.15) is 0 Å². The standard InChI is InChI=1S/C12H25N5/c1-5-6-7-8-9-10(2)17-12(11(3)13-4)14-15-16-17/h10-11,13H,5-9H2,1-4H3. The van der Waals surface area contributed by atoms with E-state index in [1.807, 2.05) is 11.7 Å². The molecule has 0 radical (unpaired) electrons. The number of rotatable bonds is 8. The van der Waals surface area contributed by atoms with E-state index in [4.69, 9.17) is 0 Å². The lowest BCUT2D eigenvalue weighted by atomic mass is 10.1. The molecule has 2 atom stereocenters. The lowest BCUT2D eigenvalue weighted by Gasteiger charge is -2.16. The SMILES string of the molecule is CCCCCCC(C)n1nnnc1C(C)NC. The topological polar surface area (TPSA) is 55.6 Å². The predicted octanol–water partition coefficient (Wildman–Crippen LogP) is 2.48. The fraction of sp³-hybridized carbons (Fsp3) is 0.917. The molecule has 0 aliphatic rings. The third-order valence-corrected chi connectivity index (χ3v) is 3.23. The van der Waals surface area contributed by atoms with Gasteiger partial charge in [-0.05, 0) is 37.7 Å². The molecule has 0 saturated heterocycles. The summed E-state index contributed by atoms with van der Waals surface area (Å²) in [6.45, 7) is 6.50. The Balaban J connectivity index is 2.50. The van der Waals surface area contributed by atoms with Gasteiger partial charge >= 0.3 is 0 Å². The maximum absolute atomic E-state index is 4.10. The van der Waals surface area contributed by atoms with Gasteiger partial charge in [0.2, 0.25) is 0 Å². The Bertz CT molecular complexity index is 310. The molecule has 1 N–H and O–H groups in total. The predicted molar refractivity (Wildman–Crippen MR) is 68.8 cm³/mol. The molecule has 98 valence electrons. The molecule has 1 heterocycles. The first-order valence-electron chi connectivity index (χ1n) is 6.65. The van der Waals surface area contributed by atoms with Crippen molar-refractivity contribution in [1.29, 1.82) is 0 Å². The van der Waals surface area contributed by atoms with E-state index >= 15 is 0 Å². The van der Waals surface area contributed by atoms with Gasteiger partial charge in [-0.15, -0.1) is 5.10 Å². The zero-order valence-electron chi connectivity index (χ0n) is 11.5. The molecule has 5 nitrogen and oxygen atoms in total. The maximum Gasteiger partial charge on any atom is 0.168 e. The summed E-state index contributed by atoms with van der Waals surface area (Å²) < 4.78 is 1.95. The molecule has 1 aromatic heterocycles. The quantitative estimate of drug-likeness (QED) is 0.708. The average Bonchev–Trinajstić information content (AvgIpc) is 2.82. The largest absolute Gasteiger partial charge is 0.311 e. The van der Waals surface area contributed by atoms with E-state index < -0.39 is 0 Å². The van der Waals surface area contributed by atoms with Crippen molar-refractivity contribution in [3.8, 4) is 0 Å². The molecule has 0 fully saturated rings. The first-order valence-corrected chi connectivity index (χ1v) is 6.65. The zero-order chi connectivity index (χ0) is 12.7. The summed E-state index contributed by atoms with van der Waals surface area (Å²) in [5.41, 5.74) is 0. The van der Waals surface area contributed by atoms with Crippen LogP contribution in [0.5, 0.6) is 0 Å². The van der Waals surface area contributed by atoms with E-state index in [0.717, 1.165) is 12.2 Å². The van der Waals surface area contributed by atoms with Gasteiger partial charge in [0.15, 0.2) is 5.82 Å². The number of hydrogen-bond donors (Lipinski definition) is 1. The molecule has 17 heavy (non-hydrogen) atoms. The number of hydrogen-bond acceptors (Lipinski definition) is 4. The highest BCUT2D eigenvalue weighted by atomic mass is 15.6. The number of nitrogens with zero attached hydrogens (tertiary/aromatic N) is 4. The van der Waals surface area contributed by atoms with Crippen molar-refractivity contribution < 1.29 is 0 Å². The second-order valence-corrected chi connectivity index (χ2v) is 4.69. The van der Waals surface area contributed by atoms with Crippen LogP contribution in [-0.2, 0) is 0 Å². The molecular formula is C12H25N5. The fourth-order valence-electron chi connectivity index (χ4n) is 1.92. The molecule has 0 amide bonds. The second-order valence-electron chi connectivity index (χ2n) is 4.69. The smallest absolute Gasteiger partial charge is 0.168 e. The Morgan fingerprint density at radius 2 is 2.00 bits per heavy atom. The fourth-order valence-corrected chi connectivity index (χ4v) is 1.92. The van der Waals surface area contributed by atoms with E-state index in [1.54, 1.807) is 0 Å². The minimum absolute atomic E-state index is 0.197. The van der Waals surface area contributed by atoms with Gasteiger partial charge in [0, 0.05) is 0 Å². The molecule has 0 aliphatic carbocycles. The Labute approximate surface area is 104 Å². The van der Waals surface area contributed by atoms with E-state index in [0.29, 0.717) is 6.04 Å². The first-order chi connectivity index (χ1) is 8.20. The van der Waals surface area contributed by atoms with Crippen LogP contribution in [0, 0.1) is 0 Å². The number of aromatic nitrogens is 4. The molecule has 2 unspecified atom stereocenters. The molecule has 1 aromatic rings. The van der Waals surface area contributed by atoms with Crippen LogP contribution in [0.3, 0.4) is 0 Å². The van der Waals surface area contributed by atoms with E-state index in [9.17, 15) is 0 Å². The molecule has 1 rings (SSSR count). The summed E-state index contributed by atoms with van der Waals surface area (Å²) in [7, 11) is 1.93. The monoisotopic (exact) mass is 239 g/mol. The Morgan fingerprint density at radius 1 is 1.24 bits per heavy atom. The van der Waals surface area contributed by atoms with Crippen molar-refractivity contribution in [3.63, 3.8) is 0 Å². The van der Waals surface area contributed by atoms with Crippen molar-refractivity contribution in [2.24, 2.45) is 0 Å². The highest BCUT2D eigenvalue weighted by Gasteiger charge is 2.16. The van der Waals surface area contributed by atoms with Crippen LogP contribution in [0.25, 0.3) is 0 Å². The Morgan fingerprint density at radius 3 is 2.65 bits per heavy atom.